The molecule has 1 heterocycles. The summed E-state index contributed by atoms with van der Waals surface area (Å²) in [7, 11) is 0. The third kappa shape index (κ3) is 6.95. The number of carboxylic acid groups (broad SMARTS) is 1. The lowest BCUT2D eigenvalue weighted by molar-refractivity contribution is -0.136. The number of hydrogen-bond donors (Lipinski definition) is 2. The molecule has 0 saturated carbocycles. The summed E-state index contributed by atoms with van der Waals surface area (Å²) >= 11 is 6.61. The summed E-state index contributed by atoms with van der Waals surface area (Å²) in [5.74, 6) is 1.44. The van der Waals surface area contributed by atoms with Crippen molar-refractivity contribution in [1.82, 2.24) is 5.32 Å². The van der Waals surface area contributed by atoms with Gasteiger partial charge in [-0.3, -0.25) is 4.79 Å². The van der Waals surface area contributed by atoms with E-state index in [1.54, 1.807) is 30.3 Å². The maximum Gasteiger partial charge on any atom is 0.317 e. The molecule has 0 unspecified atom stereocenters. The van der Waals surface area contributed by atoms with Crippen LogP contribution in [-0.2, 0) is 24.6 Å². The van der Waals surface area contributed by atoms with Crippen molar-refractivity contribution >= 4 is 17.6 Å². The van der Waals surface area contributed by atoms with Gasteiger partial charge < -0.3 is 29.4 Å². The number of nitrogens with zero attached hydrogens (tertiary/aromatic N) is 1. The van der Waals surface area contributed by atoms with Crippen LogP contribution in [0.15, 0.2) is 72.8 Å². The Morgan fingerprint density at radius 1 is 0.952 bits per heavy atom. The molecule has 0 fully saturated rings. The van der Waals surface area contributed by atoms with Gasteiger partial charge in [-0.1, -0.05) is 48.0 Å². The maximum absolute atomic E-state index is 11.0. The van der Waals surface area contributed by atoms with Crippen molar-refractivity contribution < 1.29 is 28.8 Å². The molecule has 0 aliphatic carbocycles. The van der Waals surface area contributed by atoms with Crippen LogP contribution in [0.5, 0.6) is 23.0 Å². The molecule has 4 aromatic rings. The van der Waals surface area contributed by atoms with E-state index in [4.69, 9.17) is 35.7 Å². The minimum atomic E-state index is -0.967. The quantitative estimate of drug-likeness (QED) is 0.212. The third-order valence-corrected chi connectivity index (χ3v) is 7.13. The standard InChI is InChI=1S/C33H29ClN2O6/c1-21-25(6-3-7-27(21)24-8-9-29-32(14-24)40-11-10-39-29)20-42-31-15-30(26(13-28(31)34)17-36-18-33(37)38)41-19-23-5-2-4-22(12-23)16-35/h2-9,12-15,36H,10-11,17-20H2,1H3,(H,37,38). The van der Waals surface area contributed by atoms with E-state index < -0.39 is 5.97 Å². The molecule has 4 aromatic carbocycles. The number of ether oxygens (including phenoxy) is 4. The smallest absolute Gasteiger partial charge is 0.317 e. The Bertz CT molecular complexity index is 1650. The summed E-state index contributed by atoms with van der Waals surface area (Å²) in [5.41, 5.74) is 6.17. The number of rotatable bonds is 11. The first-order valence-corrected chi connectivity index (χ1v) is 13.8. The van der Waals surface area contributed by atoms with Crippen molar-refractivity contribution in [2.24, 2.45) is 0 Å². The fourth-order valence-electron chi connectivity index (χ4n) is 4.67. The zero-order chi connectivity index (χ0) is 29.5. The van der Waals surface area contributed by atoms with Crippen LogP contribution >= 0.6 is 11.6 Å². The first kappa shape index (κ1) is 28.8. The van der Waals surface area contributed by atoms with E-state index >= 15 is 0 Å². The highest BCUT2D eigenvalue weighted by Crippen LogP contribution is 2.37. The molecule has 9 heteroatoms. The van der Waals surface area contributed by atoms with Crippen molar-refractivity contribution in [2.75, 3.05) is 19.8 Å². The molecule has 1 aliphatic rings. The fourth-order valence-corrected chi connectivity index (χ4v) is 4.91. The van der Waals surface area contributed by atoms with Gasteiger partial charge in [-0.25, -0.2) is 0 Å². The average Bonchev–Trinajstić information content (AvgIpc) is 3.00. The van der Waals surface area contributed by atoms with Gasteiger partial charge >= 0.3 is 5.97 Å². The van der Waals surface area contributed by atoms with Crippen LogP contribution < -0.4 is 24.3 Å². The van der Waals surface area contributed by atoms with Gasteiger partial charge in [0.15, 0.2) is 11.5 Å². The topological polar surface area (TPSA) is 110 Å². The average molecular weight is 585 g/mol. The van der Waals surface area contributed by atoms with Crippen LogP contribution in [0.25, 0.3) is 11.1 Å². The first-order valence-electron chi connectivity index (χ1n) is 13.4. The Kier molecular flexibility index (Phi) is 9.12. The number of nitrogens with one attached hydrogen (secondary N) is 1. The van der Waals surface area contributed by atoms with Gasteiger partial charge in [-0.05, 0) is 65.1 Å². The SMILES string of the molecule is Cc1c(COc2cc(OCc3cccc(C#N)c3)c(CNCC(=O)O)cc2Cl)cccc1-c1ccc2c(c1)OCCO2. The second-order valence-electron chi connectivity index (χ2n) is 9.73. The highest BCUT2D eigenvalue weighted by molar-refractivity contribution is 6.32. The Morgan fingerprint density at radius 2 is 1.74 bits per heavy atom. The summed E-state index contributed by atoms with van der Waals surface area (Å²) in [6.45, 7) is 3.62. The molecule has 5 rings (SSSR count). The predicted molar refractivity (Wildman–Crippen MR) is 158 cm³/mol. The summed E-state index contributed by atoms with van der Waals surface area (Å²) in [6, 6.07) is 24.7. The molecule has 0 radical (unpaired) electrons. The maximum atomic E-state index is 11.0. The van der Waals surface area contributed by atoms with Gasteiger partial charge in [-0.15, -0.1) is 0 Å². The second kappa shape index (κ2) is 13.3. The van der Waals surface area contributed by atoms with Gasteiger partial charge in [0.05, 0.1) is 23.2 Å². The van der Waals surface area contributed by atoms with Crippen molar-refractivity contribution in [3.05, 3.63) is 106 Å². The van der Waals surface area contributed by atoms with E-state index in [-0.39, 0.29) is 26.3 Å². The van der Waals surface area contributed by atoms with Crippen LogP contribution in [0, 0.1) is 18.3 Å². The first-order chi connectivity index (χ1) is 20.4. The zero-order valence-electron chi connectivity index (χ0n) is 23.0. The van der Waals surface area contributed by atoms with Gasteiger partial charge in [0.1, 0.15) is 37.9 Å². The summed E-state index contributed by atoms with van der Waals surface area (Å²) < 4.78 is 23.7. The molecule has 8 nitrogen and oxygen atoms in total. The molecular formula is C33H29ClN2O6. The van der Waals surface area contributed by atoms with Gasteiger partial charge in [-0.2, -0.15) is 5.26 Å². The molecule has 0 saturated heterocycles. The number of aliphatic carboxylic acids is 1. The molecule has 42 heavy (non-hydrogen) atoms. The summed E-state index contributed by atoms with van der Waals surface area (Å²) in [5, 5.41) is 21.5. The minimum absolute atomic E-state index is 0.208. The van der Waals surface area contributed by atoms with E-state index in [0.717, 1.165) is 39.3 Å². The lowest BCUT2D eigenvalue weighted by Crippen LogP contribution is -2.22. The number of carbonyl (C=O) groups is 1. The molecule has 0 aromatic heterocycles. The van der Waals surface area contributed by atoms with E-state index in [0.29, 0.717) is 40.9 Å². The highest BCUT2D eigenvalue weighted by atomic mass is 35.5. The molecule has 0 bridgehead atoms. The van der Waals surface area contributed by atoms with Gasteiger partial charge in [0.25, 0.3) is 0 Å². The Balaban J connectivity index is 1.36. The normalized spacial score (nSPS) is 11.9. The van der Waals surface area contributed by atoms with Crippen LogP contribution in [0.4, 0.5) is 0 Å². The van der Waals surface area contributed by atoms with Crippen molar-refractivity contribution in [3.8, 4) is 40.2 Å². The van der Waals surface area contributed by atoms with E-state index in [9.17, 15) is 10.1 Å². The fraction of sp³-hybridized carbons (Fsp3) is 0.212. The van der Waals surface area contributed by atoms with Crippen molar-refractivity contribution in [2.45, 2.75) is 26.7 Å². The number of hydrogen-bond acceptors (Lipinski definition) is 7. The zero-order valence-corrected chi connectivity index (χ0v) is 23.7. The largest absolute Gasteiger partial charge is 0.488 e. The van der Waals surface area contributed by atoms with E-state index in [1.807, 2.05) is 43.3 Å². The molecule has 0 spiro atoms. The lowest BCUT2D eigenvalue weighted by Gasteiger charge is -2.20. The number of halogens is 1. The highest BCUT2D eigenvalue weighted by Gasteiger charge is 2.16. The molecule has 0 atom stereocenters. The summed E-state index contributed by atoms with van der Waals surface area (Å²) in [6.07, 6.45) is 0. The number of carboxylic acids is 1. The monoisotopic (exact) mass is 584 g/mol. The van der Waals surface area contributed by atoms with E-state index in [1.165, 1.54) is 0 Å². The summed E-state index contributed by atoms with van der Waals surface area (Å²) in [4.78, 5) is 11.0. The Hall–Kier alpha value is -4.71. The molecule has 214 valence electrons. The van der Waals surface area contributed by atoms with Crippen LogP contribution in [0.1, 0.15) is 27.8 Å². The second-order valence-corrected chi connectivity index (χ2v) is 10.1. The Labute approximate surface area is 249 Å². The number of fused-ring (bicyclic) bond motifs is 1. The molecule has 1 aliphatic heterocycles. The van der Waals surface area contributed by atoms with Crippen LogP contribution in [-0.4, -0.2) is 30.8 Å². The van der Waals surface area contributed by atoms with Gasteiger partial charge in [0, 0.05) is 18.2 Å². The lowest BCUT2D eigenvalue weighted by atomic mass is 9.96. The molecule has 2 N–H and O–H groups in total. The Morgan fingerprint density at radius 3 is 2.55 bits per heavy atom. The number of benzene rings is 4. The van der Waals surface area contributed by atoms with Crippen LogP contribution in [0.2, 0.25) is 5.02 Å². The minimum Gasteiger partial charge on any atom is -0.488 e. The van der Waals surface area contributed by atoms with Gasteiger partial charge in [0.2, 0.25) is 0 Å². The van der Waals surface area contributed by atoms with Crippen molar-refractivity contribution in [3.63, 3.8) is 0 Å². The third-order valence-electron chi connectivity index (χ3n) is 6.84. The van der Waals surface area contributed by atoms with E-state index in [2.05, 4.69) is 17.5 Å². The van der Waals surface area contributed by atoms with Crippen molar-refractivity contribution in [1.29, 1.82) is 5.26 Å². The number of nitriles is 1. The van der Waals surface area contributed by atoms with Crippen LogP contribution in [0.3, 0.4) is 0 Å². The predicted octanol–water partition coefficient (Wildman–Crippen LogP) is 6.29. The molecule has 0 amide bonds. The molecular weight excluding hydrogens is 556 g/mol.